The summed E-state index contributed by atoms with van der Waals surface area (Å²) >= 11 is 12.0. The summed E-state index contributed by atoms with van der Waals surface area (Å²) in [5, 5.41) is 1.12. The number of nitrogens with zero attached hydrogens (tertiary/aromatic N) is 1. The molecule has 1 aromatic carbocycles. The van der Waals surface area contributed by atoms with Crippen molar-refractivity contribution in [2.45, 2.75) is 37.8 Å². The normalized spacial score (nSPS) is 27.5. The van der Waals surface area contributed by atoms with Crippen molar-refractivity contribution in [1.82, 2.24) is 4.90 Å². The Balaban J connectivity index is 1.69. The summed E-state index contributed by atoms with van der Waals surface area (Å²) < 4.78 is 11.7. The van der Waals surface area contributed by atoms with Gasteiger partial charge in [-0.2, -0.15) is 0 Å². The van der Waals surface area contributed by atoms with Gasteiger partial charge in [0.15, 0.2) is 0 Å². The summed E-state index contributed by atoms with van der Waals surface area (Å²) in [6, 6.07) is 6.00. The summed E-state index contributed by atoms with van der Waals surface area (Å²) in [5.74, 6) is 0.814. The molecule has 1 aromatic rings. The van der Waals surface area contributed by atoms with E-state index in [0.29, 0.717) is 16.1 Å². The molecule has 116 valence electrons. The number of rotatable bonds is 3. The van der Waals surface area contributed by atoms with Crippen LogP contribution in [0.2, 0.25) is 10.0 Å². The molecule has 1 aliphatic carbocycles. The van der Waals surface area contributed by atoms with Crippen LogP contribution in [0.15, 0.2) is 18.2 Å². The Kier molecular flexibility index (Phi) is 5.28. The molecule has 0 N–H and O–H groups in total. The molecule has 2 fully saturated rings. The Bertz CT molecular complexity index is 477. The summed E-state index contributed by atoms with van der Waals surface area (Å²) in [6.45, 7) is 3.67. The van der Waals surface area contributed by atoms with Crippen LogP contribution in [0.5, 0.6) is 5.75 Å². The average molecular weight is 330 g/mol. The first kappa shape index (κ1) is 15.4. The summed E-state index contributed by atoms with van der Waals surface area (Å²) in [6.07, 6.45) is 5.04. The van der Waals surface area contributed by atoms with Gasteiger partial charge in [-0.25, -0.2) is 0 Å². The van der Waals surface area contributed by atoms with Crippen LogP contribution in [0, 0.1) is 0 Å². The van der Waals surface area contributed by atoms with Crippen molar-refractivity contribution in [3.63, 3.8) is 0 Å². The summed E-state index contributed by atoms with van der Waals surface area (Å²) in [4.78, 5) is 2.52. The van der Waals surface area contributed by atoms with Crippen LogP contribution >= 0.6 is 23.2 Å². The molecule has 0 amide bonds. The minimum atomic E-state index is 0.231. The molecule has 0 bridgehead atoms. The molecule has 3 rings (SSSR count). The van der Waals surface area contributed by atoms with Gasteiger partial charge in [-0.3, -0.25) is 4.90 Å². The van der Waals surface area contributed by atoms with E-state index in [1.165, 1.54) is 19.3 Å². The lowest BCUT2D eigenvalue weighted by atomic mass is 9.91. The second-order valence-corrected chi connectivity index (χ2v) is 6.55. The fraction of sp³-hybridized carbons (Fsp3) is 0.625. The highest BCUT2D eigenvalue weighted by Crippen LogP contribution is 2.31. The molecule has 21 heavy (non-hydrogen) atoms. The van der Waals surface area contributed by atoms with Gasteiger partial charge in [0.25, 0.3) is 0 Å². The van der Waals surface area contributed by atoms with E-state index in [-0.39, 0.29) is 6.10 Å². The maximum Gasteiger partial charge on any atom is 0.121 e. The van der Waals surface area contributed by atoms with E-state index in [1.807, 2.05) is 12.1 Å². The second-order valence-electron chi connectivity index (χ2n) is 5.73. The SMILES string of the molecule is Clc1ccc(O[C@H]2CCCC[C@@H]2N2CCOCC2)cc1Cl. The highest BCUT2D eigenvalue weighted by atomic mass is 35.5. The van der Waals surface area contributed by atoms with Gasteiger partial charge >= 0.3 is 0 Å². The van der Waals surface area contributed by atoms with Crippen molar-refractivity contribution in [2.24, 2.45) is 0 Å². The van der Waals surface area contributed by atoms with Gasteiger partial charge in [0.1, 0.15) is 11.9 Å². The minimum absolute atomic E-state index is 0.231. The Labute approximate surface area is 136 Å². The third-order valence-corrected chi connectivity index (χ3v) is 5.10. The van der Waals surface area contributed by atoms with E-state index >= 15 is 0 Å². The zero-order valence-electron chi connectivity index (χ0n) is 12.1. The molecular weight excluding hydrogens is 309 g/mol. The average Bonchev–Trinajstić information content (AvgIpc) is 2.52. The lowest BCUT2D eigenvalue weighted by Gasteiger charge is -2.41. The molecule has 1 aliphatic heterocycles. The highest BCUT2D eigenvalue weighted by molar-refractivity contribution is 6.42. The molecule has 2 aliphatic rings. The fourth-order valence-electron chi connectivity index (χ4n) is 3.27. The molecule has 0 radical (unpaired) electrons. The topological polar surface area (TPSA) is 21.7 Å². The maximum atomic E-state index is 6.23. The third-order valence-electron chi connectivity index (χ3n) is 4.36. The molecule has 1 saturated heterocycles. The van der Waals surface area contributed by atoms with Crippen LogP contribution in [0.25, 0.3) is 0 Å². The van der Waals surface area contributed by atoms with Crippen LogP contribution < -0.4 is 4.74 Å². The third kappa shape index (κ3) is 3.84. The summed E-state index contributed by atoms with van der Waals surface area (Å²) in [7, 11) is 0. The van der Waals surface area contributed by atoms with Gasteiger partial charge in [0, 0.05) is 25.2 Å². The quantitative estimate of drug-likeness (QED) is 0.836. The monoisotopic (exact) mass is 329 g/mol. The molecule has 1 saturated carbocycles. The van der Waals surface area contributed by atoms with Gasteiger partial charge in [-0.15, -0.1) is 0 Å². The van der Waals surface area contributed by atoms with Crippen molar-refractivity contribution in [2.75, 3.05) is 26.3 Å². The van der Waals surface area contributed by atoms with Crippen LogP contribution in [0.4, 0.5) is 0 Å². The molecule has 2 atom stereocenters. The van der Waals surface area contributed by atoms with Crippen molar-refractivity contribution < 1.29 is 9.47 Å². The lowest BCUT2D eigenvalue weighted by Crippen LogP contribution is -2.52. The Hall–Kier alpha value is -0.480. The van der Waals surface area contributed by atoms with E-state index in [4.69, 9.17) is 32.7 Å². The zero-order valence-corrected chi connectivity index (χ0v) is 13.6. The largest absolute Gasteiger partial charge is 0.489 e. The molecule has 0 unspecified atom stereocenters. The van der Waals surface area contributed by atoms with E-state index in [2.05, 4.69) is 4.90 Å². The first-order valence-electron chi connectivity index (χ1n) is 7.67. The van der Waals surface area contributed by atoms with Crippen LogP contribution in [-0.4, -0.2) is 43.3 Å². The Morgan fingerprint density at radius 2 is 1.81 bits per heavy atom. The summed E-state index contributed by atoms with van der Waals surface area (Å²) in [5.41, 5.74) is 0. The van der Waals surface area contributed by atoms with Gasteiger partial charge < -0.3 is 9.47 Å². The van der Waals surface area contributed by atoms with E-state index < -0.39 is 0 Å². The number of morpholine rings is 1. The maximum absolute atomic E-state index is 6.23. The first-order chi connectivity index (χ1) is 10.2. The van der Waals surface area contributed by atoms with Crippen LogP contribution in [0.1, 0.15) is 25.7 Å². The van der Waals surface area contributed by atoms with Gasteiger partial charge in [0.05, 0.1) is 23.3 Å². The van der Waals surface area contributed by atoms with Gasteiger partial charge in [-0.1, -0.05) is 29.6 Å². The van der Waals surface area contributed by atoms with Crippen molar-refractivity contribution in [1.29, 1.82) is 0 Å². The standard InChI is InChI=1S/C16H21Cl2NO2/c17-13-6-5-12(11-14(13)18)21-16-4-2-1-3-15(16)19-7-9-20-10-8-19/h5-6,11,15-16H,1-4,7-10H2/t15-,16-/m0/s1. The highest BCUT2D eigenvalue weighted by Gasteiger charge is 2.32. The minimum Gasteiger partial charge on any atom is -0.489 e. The lowest BCUT2D eigenvalue weighted by molar-refractivity contribution is -0.0281. The fourth-order valence-corrected chi connectivity index (χ4v) is 3.55. The van der Waals surface area contributed by atoms with Crippen molar-refractivity contribution in [3.8, 4) is 5.75 Å². The van der Waals surface area contributed by atoms with Crippen LogP contribution in [0.3, 0.4) is 0 Å². The van der Waals surface area contributed by atoms with E-state index in [1.54, 1.807) is 6.07 Å². The number of halogens is 2. The van der Waals surface area contributed by atoms with Gasteiger partial charge in [-0.05, 0) is 31.4 Å². The molecule has 1 heterocycles. The first-order valence-corrected chi connectivity index (χ1v) is 8.43. The molecule has 3 nitrogen and oxygen atoms in total. The molecule has 0 spiro atoms. The van der Waals surface area contributed by atoms with Crippen molar-refractivity contribution in [3.05, 3.63) is 28.2 Å². The number of hydrogen-bond donors (Lipinski definition) is 0. The number of hydrogen-bond acceptors (Lipinski definition) is 3. The molecule has 0 aromatic heterocycles. The smallest absolute Gasteiger partial charge is 0.121 e. The number of benzene rings is 1. The molecular formula is C16H21Cl2NO2. The number of ether oxygens (including phenoxy) is 2. The Morgan fingerprint density at radius 1 is 1.05 bits per heavy atom. The van der Waals surface area contributed by atoms with Gasteiger partial charge in [0.2, 0.25) is 0 Å². The Morgan fingerprint density at radius 3 is 2.57 bits per heavy atom. The molecule has 5 heteroatoms. The second kappa shape index (κ2) is 7.19. The predicted molar refractivity (Wildman–Crippen MR) is 85.5 cm³/mol. The van der Waals surface area contributed by atoms with E-state index in [9.17, 15) is 0 Å². The zero-order chi connectivity index (χ0) is 14.7. The van der Waals surface area contributed by atoms with Crippen LogP contribution in [-0.2, 0) is 4.74 Å². The predicted octanol–water partition coefficient (Wildman–Crippen LogP) is 4.02. The van der Waals surface area contributed by atoms with Crippen molar-refractivity contribution >= 4 is 23.2 Å². The van der Waals surface area contributed by atoms with E-state index in [0.717, 1.165) is 38.5 Å².